The first-order valence-electron chi connectivity index (χ1n) is 16.9. The molecule has 3 aromatic rings. The van der Waals surface area contributed by atoms with Gasteiger partial charge in [-0.1, -0.05) is 36.2 Å². The van der Waals surface area contributed by atoms with Crippen molar-refractivity contribution in [2.75, 3.05) is 50.8 Å². The molecular weight excluding hydrogens is 683 g/mol. The van der Waals surface area contributed by atoms with Gasteiger partial charge in [-0.3, -0.25) is 9.69 Å². The third kappa shape index (κ3) is 9.95. The third-order valence-electron chi connectivity index (χ3n) is 8.87. The van der Waals surface area contributed by atoms with Gasteiger partial charge in [0.05, 0.1) is 40.5 Å². The Balaban J connectivity index is 1.36. The molecule has 3 N–H and O–H groups in total. The van der Waals surface area contributed by atoms with E-state index in [1.165, 1.54) is 0 Å². The van der Waals surface area contributed by atoms with Crippen LogP contribution < -0.4 is 24.8 Å². The molecule has 3 aromatic carbocycles. The first kappa shape index (κ1) is 37.5. The van der Waals surface area contributed by atoms with Crippen molar-refractivity contribution in [3.8, 4) is 17.2 Å². The maximum Gasteiger partial charge on any atom is 0.323 e. The average Bonchev–Trinajstić information content (AvgIpc) is 3.55. The summed E-state index contributed by atoms with van der Waals surface area (Å²) in [5.74, 6) is 1.16. The maximum absolute atomic E-state index is 14.4. The fourth-order valence-electron chi connectivity index (χ4n) is 6.05. The number of benzene rings is 3. The molecule has 0 radical (unpaired) electrons. The summed E-state index contributed by atoms with van der Waals surface area (Å²) in [6.45, 7) is 7.89. The summed E-state index contributed by atoms with van der Waals surface area (Å²) < 4.78 is 23.6. The second-order valence-electron chi connectivity index (χ2n) is 13.1. The number of hydrogen-bond donors (Lipinski definition) is 3. The minimum atomic E-state index is -0.497. The number of ether oxygens (including phenoxy) is 4. The van der Waals surface area contributed by atoms with Crippen LogP contribution in [0.5, 0.6) is 17.2 Å². The van der Waals surface area contributed by atoms with E-state index in [2.05, 4.69) is 22.5 Å². The Morgan fingerprint density at radius 2 is 1.70 bits per heavy atom. The Kier molecular flexibility index (Phi) is 13.1. The van der Waals surface area contributed by atoms with Crippen molar-refractivity contribution in [1.29, 1.82) is 0 Å². The van der Waals surface area contributed by atoms with E-state index < -0.39 is 12.1 Å². The number of anilines is 2. The van der Waals surface area contributed by atoms with Crippen molar-refractivity contribution in [3.05, 3.63) is 75.8 Å². The number of aliphatic hydroxyl groups excluding tert-OH is 1. The van der Waals surface area contributed by atoms with Crippen LogP contribution in [-0.4, -0.2) is 85.2 Å². The van der Waals surface area contributed by atoms with Gasteiger partial charge in [-0.2, -0.15) is 0 Å². The number of carbonyl (C=O) groups excluding carboxylic acids is 2. The van der Waals surface area contributed by atoms with Crippen LogP contribution in [0, 0.1) is 5.92 Å². The van der Waals surface area contributed by atoms with Gasteiger partial charge in [0, 0.05) is 49.6 Å². The Morgan fingerprint density at radius 1 is 0.980 bits per heavy atom. The number of aliphatic hydroxyl groups is 1. The number of halogens is 2. The molecule has 11 nitrogen and oxygen atoms in total. The lowest BCUT2D eigenvalue weighted by molar-refractivity contribution is -0.0177. The number of hydrogen-bond acceptors (Lipinski definition) is 8. The second kappa shape index (κ2) is 17.5. The highest BCUT2D eigenvalue weighted by Crippen LogP contribution is 2.34. The van der Waals surface area contributed by atoms with E-state index in [1.807, 2.05) is 33.0 Å². The molecule has 2 aliphatic heterocycles. The molecule has 0 saturated heterocycles. The quantitative estimate of drug-likeness (QED) is 0.221. The molecule has 0 saturated carbocycles. The van der Waals surface area contributed by atoms with E-state index in [0.29, 0.717) is 64.9 Å². The Hall–Kier alpha value is -3.74. The number of likely N-dealkylation sites (N-methyl/N-ethyl adjacent to an activating group) is 1. The normalized spacial score (nSPS) is 20.4. The largest absolute Gasteiger partial charge is 0.490 e. The zero-order valence-corrected chi connectivity index (χ0v) is 30.4. The van der Waals surface area contributed by atoms with Gasteiger partial charge in [0.25, 0.3) is 5.91 Å². The summed E-state index contributed by atoms with van der Waals surface area (Å²) in [5, 5.41) is 16.9. The third-order valence-corrected chi connectivity index (χ3v) is 9.61. The van der Waals surface area contributed by atoms with Gasteiger partial charge in [0.2, 0.25) is 6.79 Å². The molecule has 4 atom stereocenters. The Bertz CT molecular complexity index is 1640. The average molecular weight is 730 g/mol. The van der Waals surface area contributed by atoms with Gasteiger partial charge in [0.15, 0.2) is 11.5 Å². The summed E-state index contributed by atoms with van der Waals surface area (Å²) in [7, 11) is 2.02. The first-order chi connectivity index (χ1) is 24.0. The van der Waals surface area contributed by atoms with Crippen molar-refractivity contribution in [2.45, 2.75) is 64.8 Å². The van der Waals surface area contributed by atoms with Crippen LogP contribution in [0.4, 0.5) is 16.2 Å². The fraction of sp³-hybridized carbons (Fsp3) is 0.459. The van der Waals surface area contributed by atoms with Crippen LogP contribution in [0.15, 0.2) is 54.6 Å². The van der Waals surface area contributed by atoms with Gasteiger partial charge < -0.3 is 39.6 Å². The smallest absolute Gasteiger partial charge is 0.323 e. The lowest BCUT2D eigenvalue weighted by Crippen LogP contribution is -2.47. The Morgan fingerprint density at radius 3 is 2.44 bits per heavy atom. The van der Waals surface area contributed by atoms with Gasteiger partial charge in [-0.15, -0.1) is 0 Å². The summed E-state index contributed by atoms with van der Waals surface area (Å²) in [6.07, 6.45) is 2.14. The van der Waals surface area contributed by atoms with Crippen LogP contribution in [0.25, 0.3) is 0 Å². The maximum atomic E-state index is 14.4. The molecule has 2 heterocycles. The van der Waals surface area contributed by atoms with Crippen molar-refractivity contribution in [3.63, 3.8) is 0 Å². The van der Waals surface area contributed by atoms with Crippen molar-refractivity contribution in [1.82, 2.24) is 9.80 Å². The van der Waals surface area contributed by atoms with Gasteiger partial charge >= 0.3 is 6.03 Å². The number of fused-ring (bicyclic) bond motifs is 2. The monoisotopic (exact) mass is 728 g/mol. The highest BCUT2D eigenvalue weighted by molar-refractivity contribution is 6.42. The van der Waals surface area contributed by atoms with Gasteiger partial charge in [0.1, 0.15) is 5.75 Å². The summed E-state index contributed by atoms with van der Waals surface area (Å²) in [6, 6.07) is 14.8. The SMILES string of the molecule is C[C@@H]1CN([C@@H](C)CO)C(=O)c2cc(NC(=O)Nc3ccc4c(c3)OCO4)ccc2O[C@@H](C)CCCCO[C@H]1CN(C)Cc1ccc(Cl)c(Cl)c1. The molecule has 0 aliphatic carbocycles. The van der Waals surface area contributed by atoms with E-state index >= 15 is 0 Å². The van der Waals surface area contributed by atoms with Gasteiger partial charge in [-0.05, 0) is 88.2 Å². The minimum Gasteiger partial charge on any atom is -0.490 e. The topological polar surface area (TPSA) is 122 Å². The summed E-state index contributed by atoms with van der Waals surface area (Å²) in [5.41, 5.74) is 2.24. The van der Waals surface area contributed by atoms with Crippen LogP contribution in [0.1, 0.15) is 56.0 Å². The molecule has 0 aromatic heterocycles. The predicted molar refractivity (Wildman–Crippen MR) is 195 cm³/mol. The van der Waals surface area contributed by atoms with Crippen LogP contribution in [0.3, 0.4) is 0 Å². The molecule has 0 unspecified atom stereocenters. The van der Waals surface area contributed by atoms with E-state index in [1.54, 1.807) is 47.4 Å². The van der Waals surface area contributed by atoms with Crippen LogP contribution in [-0.2, 0) is 11.3 Å². The van der Waals surface area contributed by atoms with Crippen molar-refractivity contribution in [2.24, 2.45) is 5.92 Å². The standard InChI is InChI=1S/C37H46Cl2N4O7/c1-23-18-43(24(2)21-44)36(45)29-16-27(40-37(46)41-28-10-13-33-34(17-28)49-22-48-33)9-12-32(29)50-25(3)7-5-6-14-47-35(23)20-42(4)19-26-8-11-30(38)31(39)15-26/h8-13,15-17,23-25,35,44H,5-7,14,18-22H2,1-4H3,(H2,40,41,46)/t23-,24+,25+,35+/m1/s1. The zero-order chi connectivity index (χ0) is 35.8. The highest BCUT2D eigenvalue weighted by atomic mass is 35.5. The fourth-order valence-corrected chi connectivity index (χ4v) is 6.37. The number of urea groups is 1. The minimum absolute atomic E-state index is 0.0933. The van der Waals surface area contributed by atoms with Crippen LogP contribution in [0.2, 0.25) is 10.0 Å². The van der Waals surface area contributed by atoms with Crippen LogP contribution >= 0.6 is 23.2 Å². The molecule has 50 heavy (non-hydrogen) atoms. The van der Waals surface area contributed by atoms with E-state index in [0.717, 1.165) is 24.8 Å². The molecule has 0 fully saturated rings. The number of carbonyl (C=O) groups is 2. The lowest BCUT2D eigenvalue weighted by atomic mass is 10.0. The second-order valence-corrected chi connectivity index (χ2v) is 13.9. The highest BCUT2D eigenvalue weighted by Gasteiger charge is 2.30. The predicted octanol–water partition coefficient (Wildman–Crippen LogP) is 7.29. The molecule has 2 aliphatic rings. The van der Waals surface area contributed by atoms with Gasteiger partial charge in [-0.25, -0.2) is 4.79 Å². The molecule has 13 heteroatoms. The first-order valence-corrected chi connectivity index (χ1v) is 17.7. The van der Waals surface area contributed by atoms with E-state index in [4.69, 9.17) is 42.1 Å². The summed E-state index contributed by atoms with van der Waals surface area (Å²) in [4.78, 5) is 31.3. The van der Waals surface area contributed by atoms with Crippen molar-refractivity contribution >= 4 is 46.5 Å². The molecule has 3 amide bonds. The lowest BCUT2D eigenvalue weighted by Gasteiger charge is -2.36. The summed E-state index contributed by atoms with van der Waals surface area (Å²) >= 11 is 12.4. The molecular formula is C37H46Cl2N4O7. The molecule has 0 bridgehead atoms. The molecule has 270 valence electrons. The number of nitrogens with one attached hydrogen (secondary N) is 2. The number of rotatable bonds is 8. The van der Waals surface area contributed by atoms with Crippen molar-refractivity contribution < 1.29 is 33.6 Å². The Labute approximate surface area is 303 Å². The number of nitrogens with zero attached hydrogens (tertiary/aromatic N) is 2. The number of amides is 3. The van der Waals surface area contributed by atoms with E-state index in [9.17, 15) is 14.7 Å². The van der Waals surface area contributed by atoms with E-state index in [-0.39, 0.29) is 43.0 Å². The molecule has 5 rings (SSSR count). The molecule has 0 spiro atoms. The zero-order valence-electron chi connectivity index (χ0n) is 28.9.